The number of hydrogen-bond acceptors (Lipinski definition) is 5. The van der Waals surface area contributed by atoms with Crippen LogP contribution in [0.5, 0.6) is 5.75 Å². The van der Waals surface area contributed by atoms with Gasteiger partial charge in [-0.1, -0.05) is 11.6 Å². The number of rotatable bonds is 2. The van der Waals surface area contributed by atoms with Gasteiger partial charge >= 0.3 is 6.36 Å². The first-order valence-corrected chi connectivity index (χ1v) is 6.93. The zero-order valence-corrected chi connectivity index (χ0v) is 12.7. The maximum Gasteiger partial charge on any atom is 0.573 e. The molecule has 0 aliphatic carbocycles. The second-order valence-corrected chi connectivity index (χ2v) is 5.34. The summed E-state index contributed by atoms with van der Waals surface area (Å²) in [6.45, 7) is 0. The fourth-order valence-corrected chi connectivity index (χ4v) is 2.65. The van der Waals surface area contributed by atoms with E-state index in [0.717, 1.165) is 28.8 Å². The SMILES string of the molecule is Nc1c2c(cc(=O)n1-c1ccc(OC(F)(F)F)cc1Cl)C(=O)NC2=O. The smallest absolute Gasteiger partial charge is 0.406 e. The Morgan fingerprint density at radius 3 is 2.40 bits per heavy atom. The lowest BCUT2D eigenvalue weighted by Gasteiger charge is -2.15. The topological polar surface area (TPSA) is 103 Å². The Morgan fingerprint density at radius 1 is 1.12 bits per heavy atom. The van der Waals surface area contributed by atoms with Gasteiger partial charge in [-0.05, 0) is 12.1 Å². The Bertz CT molecular complexity index is 985. The van der Waals surface area contributed by atoms with Crippen molar-refractivity contribution in [2.24, 2.45) is 0 Å². The number of amides is 2. The predicted octanol–water partition coefficient (Wildman–Crippen LogP) is 1.86. The molecule has 3 rings (SSSR count). The van der Waals surface area contributed by atoms with E-state index in [0.29, 0.717) is 0 Å². The highest BCUT2D eigenvalue weighted by molar-refractivity contribution is 6.32. The summed E-state index contributed by atoms with van der Waals surface area (Å²) >= 11 is 5.92. The normalized spacial score (nSPS) is 13.6. The molecule has 1 aromatic carbocycles. The third kappa shape index (κ3) is 2.91. The highest BCUT2D eigenvalue weighted by Crippen LogP contribution is 2.31. The Labute approximate surface area is 141 Å². The maximum atomic E-state index is 12.2. The van der Waals surface area contributed by atoms with Gasteiger partial charge < -0.3 is 10.5 Å². The minimum atomic E-state index is -4.91. The van der Waals surface area contributed by atoms with Crippen LogP contribution in [0, 0.1) is 0 Å². The van der Waals surface area contributed by atoms with Crippen molar-refractivity contribution in [3.8, 4) is 11.4 Å². The summed E-state index contributed by atoms with van der Waals surface area (Å²) in [4.78, 5) is 35.6. The van der Waals surface area contributed by atoms with E-state index in [-0.39, 0.29) is 27.7 Å². The van der Waals surface area contributed by atoms with E-state index in [1.807, 2.05) is 5.32 Å². The summed E-state index contributed by atoms with van der Waals surface area (Å²) in [5.74, 6) is -2.52. The number of pyridine rings is 1. The van der Waals surface area contributed by atoms with Crippen LogP contribution >= 0.6 is 11.6 Å². The van der Waals surface area contributed by atoms with E-state index >= 15 is 0 Å². The van der Waals surface area contributed by atoms with Gasteiger partial charge in [0.1, 0.15) is 11.6 Å². The summed E-state index contributed by atoms with van der Waals surface area (Å²) in [5.41, 5.74) is 4.55. The number of hydrogen-bond donors (Lipinski definition) is 2. The van der Waals surface area contributed by atoms with Crippen LogP contribution in [-0.2, 0) is 0 Å². The number of carbonyl (C=O) groups is 2. The number of anilines is 1. The van der Waals surface area contributed by atoms with E-state index in [1.165, 1.54) is 0 Å². The number of carbonyl (C=O) groups excluding carboxylic acids is 2. The quantitative estimate of drug-likeness (QED) is 0.782. The number of aromatic nitrogens is 1. The first-order valence-electron chi connectivity index (χ1n) is 6.55. The fourth-order valence-electron chi connectivity index (χ4n) is 2.39. The van der Waals surface area contributed by atoms with Crippen molar-refractivity contribution in [3.05, 3.63) is 50.8 Å². The summed E-state index contributed by atoms with van der Waals surface area (Å²) in [7, 11) is 0. The molecule has 25 heavy (non-hydrogen) atoms. The lowest BCUT2D eigenvalue weighted by Crippen LogP contribution is -2.24. The number of nitrogens with two attached hydrogens (primary N) is 1. The summed E-state index contributed by atoms with van der Waals surface area (Å²) < 4.78 is 41.3. The molecule has 0 bridgehead atoms. The molecule has 0 spiro atoms. The highest BCUT2D eigenvalue weighted by Gasteiger charge is 2.33. The molecule has 2 aromatic rings. The first-order chi connectivity index (χ1) is 11.6. The van der Waals surface area contributed by atoms with Gasteiger partial charge in [0.15, 0.2) is 0 Å². The minimum absolute atomic E-state index is 0.0753. The van der Waals surface area contributed by atoms with Gasteiger partial charge in [-0.2, -0.15) is 0 Å². The number of nitrogens with one attached hydrogen (secondary N) is 1. The van der Waals surface area contributed by atoms with E-state index in [4.69, 9.17) is 17.3 Å². The Balaban J connectivity index is 2.15. The highest BCUT2D eigenvalue weighted by atomic mass is 35.5. The largest absolute Gasteiger partial charge is 0.573 e. The van der Waals surface area contributed by atoms with Crippen molar-refractivity contribution in [3.63, 3.8) is 0 Å². The molecule has 0 atom stereocenters. The monoisotopic (exact) mass is 373 g/mol. The standard InChI is InChI=1S/C14H7ClF3N3O4/c15-7-3-5(25-14(16,17)18)1-2-8(7)21-9(22)4-6-10(11(21)19)13(24)20-12(6)23/h1-4H,19H2,(H,20,23,24). The van der Waals surface area contributed by atoms with E-state index in [1.54, 1.807) is 0 Å². The third-order valence-electron chi connectivity index (χ3n) is 3.35. The van der Waals surface area contributed by atoms with Crippen molar-refractivity contribution in [1.29, 1.82) is 0 Å². The predicted molar refractivity (Wildman–Crippen MR) is 79.9 cm³/mol. The van der Waals surface area contributed by atoms with Gasteiger partial charge in [0.25, 0.3) is 17.4 Å². The summed E-state index contributed by atoms with van der Waals surface area (Å²) in [6.07, 6.45) is -4.91. The molecule has 0 radical (unpaired) electrons. The summed E-state index contributed by atoms with van der Waals surface area (Å²) in [6, 6.07) is 3.73. The van der Waals surface area contributed by atoms with E-state index < -0.39 is 29.5 Å². The molecule has 0 saturated heterocycles. The van der Waals surface area contributed by atoms with Crippen LogP contribution < -0.4 is 21.3 Å². The minimum Gasteiger partial charge on any atom is -0.406 e. The van der Waals surface area contributed by atoms with Crippen LogP contribution in [0.4, 0.5) is 19.0 Å². The molecule has 0 unspecified atom stereocenters. The van der Waals surface area contributed by atoms with Crippen LogP contribution in [0.25, 0.3) is 5.69 Å². The molecular formula is C14H7ClF3N3O4. The molecule has 2 amide bonds. The van der Waals surface area contributed by atoms with Crippen molar-refractivity contribution in [1.82, 2.24) is 9.88 Å². The Hall–Kier alpha value is -3.01. The van der Waals surface area contributed by atoms with Crippen molar-refractivity contribution < 1.29 is 27.5 Å². The Morgan fingerprint density at radius 2 is 1.80 bits per heavy atom. The molecule has 130 valence electrons. The van der Waals surface area contributed by atoms with Crippen LogP contribution in [0.3, 0.4) is 0 Å². The van der Waals surface area contributed by atoms with Crippen LogP contribution in [0.15, 0.2) is 29.1 Å². The van der Waals surface area contributed by atoms with Crippen molar-refractivity contribution in [2.75, 3.05) is 5.73 Å². The number of imide groups is 1. The lowest BCUT2D eigenvalue weighted by molar-refractivity contribution is -0.274. The maximum absolute atomic E-state index is 12.2. The van der Waals surface area contributed by atoms with Crippen LogP contribution in [0.2, 0.25) is 5.02 Å². The van der Waals surface area contributed by atoms with Crippen LogP contribution in [0.1, 0.15) is 20.7 Å². The molecule has 0 saturated carbocycles. The zero-order valence-electron chi connectivity index (χ0n) is 12.0. The lowest BCUT2D eigenvalue weighted by atomic mass is 10.1. The second-order valence-electron chi connectivity index (χ2n) is 4.94. The first kappa shape index (κ1) is 16.8. The summed E-state index contributed by atoms with van der Waals surface area (Å²) in [5, 5.41) is 1.71. The average molecular weight is 374 g/mol. The van der Waals surface area contributed by atoms with Crippen LogP contribution in [-0.4, -0.2) is 22.7 Å². The number of alkyl halides is 3. The number of benzene rings is 1. The van der Waals surface area contributed by atoms with Crippen molar-refractivity contribution in [2.45, 2.75) is 6.36 Å². The molecule has 2 heterocycles. The number of nitrogen functional groups attached to an aromatic ring is 1. The third-order valence-corrected chi connectivity index (χ3v) is 3.65. The van der Waals surface area contributed by atoms with E-state index in [9.17, 15) is 27.6 Å². The molecule has 7 nitrogen and oxygen atoms in total. The molecule has 0 fully saturated rings. The molecular weight excluding hydrogens is 367 g/mol. The fraction of sp³-hybridized carbons (Fsp3) is 0.0714. The van der Waals surface area contributed by atoms with Crippen molar-refractivity contribution >= 4 is 29.2 Å². The average Bonchev–Trinajstić information content (AvgIpc) is 2.74. The van der Waals surface area contributed by atoms with Gasteiger partial charge in [-0.15, -0.1) is 13.2 Å². The van der Waals surface area contributed by atoms with Gasteiger partial charge in [-0.25, -0.2) is 0 Å². The van der Waals surface area contributed by atoms with Gasteiger partial charge in [0, 0.05) is 12.1 Å². The van der Waals surface area contributed by atoms with Gasteiger partial charge in [-0.3, -0.25) is 24.3 Å². The Kier molecular flexibility index (Phi) is 3.72. The molecule has 1 aliphatic heterocycles. The van der Waals surface area contributed by atoms with E-state index in [2.05, 4.69) is 4.74 Å². The molecule has 1 aliphatic rings. The molecule has 11 heteroatoms. The molecule has 3 N–H and O–H groups in total. The number of nitrogens with zero attached hydrogens (tertiary/aromatic N) is 1. The van der Waals surface area contributed by atoms with Gasteiger partial charge in [0.2, 0.25) is 0 Å². The number of ether oxygens (including phenoxy) is 1. The zero-order chi connectivity index (χ0) is 18.5. The number of halogens is 4. The van der Waals surface area contributed by atoms with Gasteiger partial charge in [0.05, 0.1) is 21.8 Å². The second kappa shape index (κ2) is 5.52. The number of fused-ring (bicyclic) bond motifs is 1. The molecule has 1 aromatic heterocycles.